The molecule has 2 bridgehead atoms. The highest BCUT2D eigenvalue weighted by atomic mass is 16.5. The van der Waals surface area contributed by atoms with Crippen LogP contribution in [0.5, 0.6) is 0 Å². The number of likely N-dealkylation sites (tertiary alicyclic amines) is 1. The number of nitrogens with zero attached hydrogens (tertiary/aromatic N) is 1. The van der Waals surface area contributed by atoms with Crippen LogP contribution in [0.3, 0.4) is 0 Å². The van der Waals surface area contributed by atoms with Crippen LogP contribution < -0.4 is 0 Å². The van der Waals surface area contributed by atoms with E-state index in [1.807, 2.05) is 19.9 Å². The standard InChI is InChI=1S/C24H25NO5/c1-11-4-5-14(8-12(11)2)19(26)10-30-24(29)13(3)25-22(27)20-15-6-7-16(18-9-17(15)18)21(20)23(25)28/h4-8,13,15-18,20-21H,9-10H2,1-3H3/t13-,15-,16-,17-,18+,20-,21+/m0/s1. The van der Waals surface area contributed by atoms with Crippen molar-refractivity contribution in [3.05, 3.63) is 47.0 Å². The molecule has 6 rings (SSSR count). The Hall–Kier alpha value is -2.76. The average Bonchev–Trinajstić information content (AvgIpc) is 3.51. The van der Waals surface area contributed by atoms with Crippen LogP contribution in [0.2, 0.25) is 0 Å². The molecule has 30 heavy (non-hydrogen) atoms. The summed E-state index contributed by atoms with van der Waals surface area (Å²) in [6.45, 7) is 4.96. The van der Waals surface area contributed by atoms with Gasteiger partial charge in [-0.1, -0.05) is 24.3 Å². The average molecular weight is 407 g/mol. The molecule has 6 nitrogen and oxygen atoms in total. The van der Waals surface area contributed by atoms with Gasteiger partial charge in [0.25, 0.3) is 0 Å². The highest BCUT2D eigenvalue weighted by Gasteiger charge is 2.67. The van der Waals surface area contributed by atoms with E-state index in [4.69, 9.17) is 4.74 Å². The van der Waals surface area contributed by atoms with Crippen molar-refractivity contribution in [2.24, 2.45) is 35.5 Å². The van der Waals surface area contributed by atoms with Gasteiger partial charge in [-0.15, -0.1) is 0 Å². The molecule has 1 aromatic carbocycles. The highest BCUT2D eigenvalue weighted by Crippen LogP contribution is 2.65. The molecule has 3 fully saturated rings. The van der Waals surface area contributed by atoms with Crippen LogP contribution in [0.4, 0.5) is 0 Å². The zero-order valence-corrected chi connectivity index (χ0v) is 17.3. The van der Waals surface area contributed by atoms with Crippen LogP contribution in [0.1, 0.15) is 34.8 Å². The molecular weight excluding hydrogens is 382 g/mol. The number of esters is 1. The van der Waals surface area contributed by atoms with E-state index in [0.717, 1.165) is 22.4 Å². The van der Waals surface area contributed by atoms with E-state index >= 15 is 0 Å². The summed E-state index contributed by atoms with van der Waals surface area (Å²) in [4.78, 5) is 52.2. The fourth-order valence-corrected chi connectivity index (χ4v) is 5.72. The number of amides is 2. The third-order valence-corrected chi connectivity index (χ3v) is 7.60. The Bertz CT molecular complexity index is 975. The molecule has 2 amide bonds. The van der Waals surface area contributed by atoms with E-state index in [0.29, 0.717) is 17.4 Å². The van der Waals surface area contributed by atoms with Gasteiger partial charge < -0.3 is 4.74 Å². The molecule has 0 aromatic heterocycles. The van der Waals surface area contributed by atoms with E-state index in [-0.39, 0.29) is 41.3 Å². The van der Waals surface area contributed by atoms with Gasteiger partial charge in [0, 0.05) is 5.56 Å². The molecule has 6 heteroatoms. The van der Waals surface area contributed by atoms with Crippen molar-refractivity contribution >= 4 is 23.6 Å². The predicted molar refractivity (Wildman–Crippen MR) is 107 cm³/mol. The Balaban J connectivity index is 1.26. The molecule has 1 heterocycles. The van der Waals surface area contributed by atoms with Gasteiger partial charge in [0.15, 0.2) is 12.4 Å². The van der Waals surface area contributed by atoms with Crippen molar-refractivity contribution < 1.29 is 23.9 Å². The van der Waals surface area contributed by atoms with Crippen molar-refractivity contribution in [1.29, 1.82) is 0 Å². The first kappa shape index (κ1) is 19.2. The van der Waals surface area contributed by atoms with Crippen LogP contribution in [0, 0.1) is 49.4 Å². The molecular formula is C24H25NO5. The molecule has 1 aromatic rings. The van der Waals surface area contributed by atoms with Crippen molar-refractivity contribution in [1.82, 2.24) is 4.90 Å². The summed E-state index contributed by atoms with van der Waals surface area (Å²) in [5, 5.41) is 0. The third kappa shape index (κ3) is 2.69. The number of allylic oxidation sites excluding steroid dienone is 2. The molecule has 0 spiro atoms. The number of Topliss-reactive ketones (excluding diaryl/α,β-unsaturated/α-hetero) is 1. The maximum atomic E-state index is 13.1. The Kier molecular flexibility index (Phi) is 4.24. The zero-order valence-electron chi connectivity index (χ0n) is 17.3. The number of aryl methyl sites for hydroxylation is 2. The Morgan fingerprint density at radius 1 is 1.03 bits per heavy atom. The van der Waals surface area contributed by atoms with Crippen molar-refractivity contribution in [3.8, 4) is 0 Å². The fourth-order valence-electron chi connectivity index (χ4n) is 5.72. The first-order chi connectivity index (χ1) is 14.3. The minimum atomic E-state index is -1.03. The quantitative estimate of drug-likeness (QED) is 0.324. The summed E-state index contributed by atoms with van der Waals surface area (Å²) in [5.74, 6) is -1.01. The van der Waals surface area contributed by atoms with Gasteiger partial charge in [-0.2, -0.15) is 0 Å². The lowest BCUT2D eigenvalue weighted by atomic mass is 9.63. The number of imide groups is 1. The second-order valence-corrected chi connectivity index (χ2v) is 9.21. The maximum absolute atomic E-state index is 13.1. The number of hydrogen-bond donors (Lipinski definition) is 0. The molecule has 5 aliphatic rings. The van der Waals surface area contributed by atoms with Gasteiger partial charge >= 0.3 is 5.97 Å². The zero-order chi connectivity index (χ0) is 21.3. The lowest BCUT2D eigenvalue weighted by molar-refractivity contribution is -0.157. The Morgan fingerprint density at radius 2 is 1.63 bits per heavy atom. The monoisotopic (exact) mass is 407 g/mol. The van der Waals surface area contributed by atoms with Crippen molar-refractivity contribution in [3.63, 3.8) is 0 Å². The molecule has 7 atom stereocenters. The second kappa shape index (κ2) is 6.62. The Morgan fingerprint density at radius 3 is 2.20 bits per heavy atom. The van der Waals surface area contributed by atoms with Gasteiger partial charge in [0.2, 0.25) is 11.8 Å². The number of hydrogen-bond acceptors (Lipinski definition) is 5. The lowest BCUT2D eigenvalue weighted by Gasteiger charge is -2.37. The van der Waals surface area contributed by atoms with Gasteiger partial charge in [-0.05, 0) is 68.1 Å². The van der Waals surface area contributed by atoms with Gasteiger partial charge in [-0.25, -0.2) is 4.79 Å². The first-order valence-electron chi connectivity index (χ1n) is 10.6. The maximum Gasteiger partial charge on any atom is 0.329 e. The summed E-state index contributed by atoms with van der Waals surface area (Å²) in [6, 6.07) is 4.29. The van der Waals surface area contributed by atoms with Crippen LogP contribution in [0.15, 0.2) is 30.4 Å². The molecule has 0 radical (unpaired) electrons. The SMILES string of the molecule is Cc1ccc(C(=O)COC(=O)[C@H](C)N2C(=O)[C@@H]3[C@H]4C=C[C@@H]([C@@H]5C[C@H]45)[C@@H]3C2=O)cc1C. The van der Waals surface area contributed by atoms with Crippen LogP contribution in [0.25, 0.3) is 0 Å². The molecule has 1 saturated heterocycles. The lowest BCUT2D eigenvalue weighted by Crippen LogP contribution is -2.45. The molecule has 2 saturated carbocycles. The second-order valence-electron chi connectivity index (χ2n) is 9.21. The number of carbonyl (C=O) groups is 4. The smallest absolute Gasteiger partial charge is 0.329 e. The van der Waals surface area contributed by atoms with E-state index in [1.54, 1.807) is 12.1 Å². The van der Waals surface area contributed by atoms with E-state index in [9.17, 15) is 19.2 Å². The number of ether oxygens (including phenoxy) is 1. The Labute approximate surface area is 175 Å². The van der Waals surface area contributed by atoms with E-state index in [2.05, 4.69) is 12.2 Å². The summed E-state index contributed by atoms with van der Waals surface area (Å²) < 4.78 is 5.20. The number of ketones is 1. The van der Waals surface area contributed by atoms with Crippen molar-refractivity contribution in [2.45, 2.75) is 33.2 Å². The number of rotatable bonds is 5. The van der Waals surface area contributed by atoms with Gasteiger partial charge in [-0.3, -0.25) is 19.3 Å². The normalized spacial score (nSPS) is 33.9. The van der Waals surface area contributed by atoms with Gasteiger partial charge in [0.05, 0.1) is 11.8 Å². The van der Waals surface area contributed by atoms with Gasteiger partial charge in [0.1, 0.15) is 6.04 Å². The van der Waals surface area contributed by atoms with E-state index in [1.165, 1.54) is 6.92 Å². The molecule has 156 valence electrons. The summed E-state index contributed by atoms with van der Waals surface area (Å²) in [6.07, 6.45) is 5.29. The van der Waals surface area contributed by atoms with Crippen LogP contribution in [-0.2, 0) is 19.1 Å². The summed E-state index contributed by atoms with van der Waals surface area (Å²) in [5.41, 5.74) is 2.53. The largest absolute Gasteiger partial charge is 0.456 e. The number of carbonyl (C=O) groups excluding carboxylic acids is 4. The minimum absolute atomic E-state index is 0.112. The summed E-state index contributed by atoms with van der Waals surface area (Å²) in [7, 11) is 0. The predicted octanol–water partition coefficient (Wildman–Crippen LogP) is 2.47. The van der Waals surface area contributed by atoms with E-state index < -0.39 is 18.6 Å². The van der Waals surface area contributed by atoms with Crippen LogP contribution in [-0.4, -0.2) is 41.1 Å². The van der Waals surface area contributed by atoms with Crippen molar-refractivity contribution in [2.75, 3.05) is 6.61 Å². The third-order valence-electron chi connectivity index (χ3n) is 7.60. The highest BCUT2D eigenvalue weighted by molar-refractivity contribution is 6.09. The summed E-state index contributed by atoms with van der Waals surface area (Å²) >= 11 is 0. The molecule has 0 unspecified atom stereocenters. The van der Waals surface area contributed by atoms with Crippen LogP contribution >= 0.6 is 0 Å². The molecule has 0 N–H and O–H groups in total. The molecule has 4 aliphatic carbocycles. The first-order valence-corrected chi connectivity index (χ1v) is 10.6. The fraction of sp³-hybridized carbons (Fsp3) is 0.500. The molecule has 1 aliphatic heterocycles. The number of benzene rings is 1. The minimum Gasteiger partial charge on any atom is -0.456 e. The topological polar surface area (TPSA) is 80.8 Å².